The summed E-state index contributed by atoms with van der Waals surface area (Å²) in [6, 6.07) is 17.3. The van der Waals surface area contributed by atoms with E-state index in [-0.39, 0.29) is 5.91 Å². The van der Waals surface area contributed by atoms with Crippen molar-refractivity contribution in [1.82, 2.24) is 14.8 Å². The minimum Gasteiger partial charge on any atom is -0.308 e. The molecule has 1 aromatic carbocycles. The van der Waals surface area contributed by atoms with Crippen molar-refractivity contribution in [2.75, 3.05) is 5.32 Å². The van der Waals surface area contributed by atoms with Gasteiger partial charge in [-0.1, -0.05) is 36.4 Å². The topological polar surface area (TPSA) is 59.8 Å². The van der Waals surface area contributed by atoms with Crippen LogP contribution in [0.1, 0.15) is 18.4 Å². The molecule has 1 N–H and O–H groups in total. The highest BCUT2D eigenvalue weighted by Crippen LogP contribution is 2.48. The number of pyridine rings is 1. The highest BCUT2D eigenvalue weighted by atomic mass is 16.2. The smallest absolute Gasteiger partial charge is 0.236 e. The van der Waals surface area contributed by atoms with Gasteiger partial charge >= 0.3 is 0 Å². The Bertz CT molecular complexity index is 822. The van der Waals surface area contributed by atoms with Crippen LogP contribution in [0.5, 0.6) is 0 Å². The number of hydrogen-bond acceptors (Lipinski definition) is 3. The predicted molar refractivity (Wildman–Crippen MR) is 87.3 cm³/mol. The van der Waals surface area contributed by atoms with Gasteiger partial charge in [0.05, 0.1) is 5.41 Å². The Balaban J connectivity index is 1.53. The van der Waals surface area contributed by atoms with E-state index in [4.69, 9.17) is 0 Å². The van der Waals surface area contributed by atoms with Crippen molar-refractivity contribution in [3.8, 4) is 5.82 Å². The zero-order valence-electron chi connectivity index (χ0n) is 12.5. The molecule has 1 aliphatic carbocycles. The summed E-state index contributed by atoms with van der Waals surface area (Å²) < 4.78 is 1.65. The second kappa shape index (κ2) is 5.35. The Kier molecular flexibility index (Phi) is 3.19. The third-order valence-electron chi connectivity index (χ3n) is 4.23. The lowest BCUT2D eigenvalue weighted by Crippen LogP contribution is -2.28. The fraction of sp³-hybridized carbons (Fsp3) is 0.167. The van der Waals surface area contributed by atoms with Crippen LogP contribution in [0.2, 0.25) is 0 Å². The van der Waals surface area contributed by atoms with Gasteiger partial charge < -0.3 is 5.32 Å². The highest BCUT2D eigenvalue weighted by molar-refractivity contribution is 6.00. The Morgan fingerprint density at radius 3 is 2.52 bits per heavy atom. The molecule has 2 heterocycles. The number of amides is 1. The van der Waals surface area contributed by atoms with Crippen molar-refractivity contribution in [2.24, 2.45) is 0 Å². The van der Waals surface area contributed by atoms with Crippen molar-refractivity contribution in [3.05, 3.63) is 72.6 Å². The number of carbonyl (C=O) groups excluding carboxylic acids is 1. The Morgan fingerprint density at radius 1 is 1.04 bits per heavy atom. The normalized spacial score (nSPS) is 15.1. The molecule has 0 aliphatic heterocycles. The van der Waals surface area contributed by atoms with Crippen molar-refractivity contribution < 1.29 is 4.79 Å². The predicted octanol–water partition coefficient (Wildman–Crippen LogP) is 2.94. The van der Waals surface area contributed by atoms with Crippen LogP contribution in [0.3, 0.4) is 0 Å². The fourth-order valence-corrected chi connectivity index (χ4v) is 2.77. The highest BCUT2D eigenvalue weighted by Gasteiger charge is 2.51. The Hall–Kier alpha value is -2.95. The van der Waals surface area contributed by atoms with Gasteiger partial charge in [-0.15, -0.1) is 5.10 Å². The average Bonchev–Trinajstić information content (AvgIpc) is 3.30. The summed E-state index contributed by atoms with van der Waals surface area (Å²) in [5.74, 6) is 1.27. The van der Waals surface area contributed by atoms with Gasteiger partial charge in [-0.05, 0) is 30.5 Å². The molecule has 1 saturated carbocycles. The first-order valence-electron chi connectivity index (χ1n) is 7.62. The van der Waals surface area contributed by atoms with E-state index in [9.17, 15) is 4.79 Å². The Labute approximate surface area is 134 Å². The molecule has 1 fully saturated rings. The number of benzene rings is 1. The lowest BCUT2D eigenvalue weighted by atomic mass is 9.95. The number of nitrogens with zero attached hydrogens (tertiary/aromatic N) is 3. The zero-order chi connectivity index (χ0) is 15.7. The van der Waals surface area contributed by atoms with Gasteiger partial charge in [0.15, 0.2) is 11.6 Å². The standard InChI is InChI=1S/C18H16N4O/c23-17(18(10-11-18)14-6-2-1-3-7-14)20-15-9-13-22(21-15)16-8-4-5-12-19-16/h1-9,12-13H,10-11H2,(H,20,21,23). The molecule has 0 radical (unpaired) electrons. The fourth-order valence-electron chi connectivity index (χ4n) is 2.77. The van der Waals surface area contributed by atoms with E-state index in [1.54, 1.807) is 23.1 Å². The minimum absolute atomic E-state index is 0.00923. The third-order valence-corrected chi connectivity index (χ3v) is 4.23. The van der Waals surface area contributed by atoms with Gasteiger partial charge in [-0.2, -0.15) is 0 Å². The van der Waals surface area contributed by atoms with E-state index in [2.05, 4.69) is 15.4 Å². The summed E-state index contributed by atoms with van der Waals surface area (Å²) in [6.07, 6.45) is 5.26. The van der Waals surface area contributed by atoms with Crippen LogP contribution in [0, 0.1) is 0 Å². The van der Waals surface area contributed by atoms with Crippen molar-refractivity contribution >= 4 is 11.7 Å². The maximum atomic E-state index is 12.7. The summed E-state index contributed by atoms with van der Waals surface area (Å²) >= 11 is 0. The van der Waals surface area contributed by atoms with Crippen molar-refractivity contribution in [2.45, 2.75) is 18.3 Å². The molecule has 1 aliphatic rings. The van der Waals surface area contributed by atoms with E-state index < -0.39 is 5.41 Å². The maximum Gasteiger partial charge on any atom is 0.236 e. The van der Waals surface area contributed by atoms with E-state index in [0.29, 0.717) is 5.82 Å². The van der Waals surface area contributed by atoms with Gasteiger partial charge in [-0.25, -0.2) is 9.67 Å². The quantitative estimate of drug-likeness (QED) is 0.806. The van der Waals surface area contributed by atoms with Crippen LogP contribution in [-0.4, -0.2) is 20.7 Å². The van der Waals surface area contributed by atoms with Crippen LogP contribution in [0.4, 0.5) is 5.82 Å². The van der Waals surface area contributed by atoms with Gasteiger partial charge in [0.25, 0.3) is 0 Å². The third kappa shape index (κ3) is 2.50. The molecule has 23 heavy (non-hydrogen) atoms. The molecule has 2 aromatic heterocycles. The number of rotatable bonds is 4. The second-order valence-corrected chi connectivity index (χ2v) is 5.74. The second-order valence-electron chi connectivity index (χ2n) is 5.74. The molecule has 0 spiro atoms. The molecule has 3 aromatic rings. The molecular formula is C18H16N4O. The van der Waals surface area contributed by atoms with Crippen LogP contribution in [0.25, 0.3) is 5.82 Å². The summed E-state index contributed by atoms with van der Waals surface area (Å²) in [7, 11) is 0. The van der Waals surface area contributed by atoms with E-state index in [1.165, 1.54) is 0 Å². The van der Waals surface area contributed by atoms with Crippen LogP contribution >= 0.6 is 0 Å². The molecule has 5 nitrogen and oxygen atoms in total. The summed E-state index contributed by atoms with van der Waals surface area (Å²) in [6.45, 7) is 0. The zero-order valence-corrected chi connectivity index (χ0v) is 12.5. The lowest BCUT2D eigenvalue weighted by molar-refractivity contribution is -0.118. The monoisotopic (exact) mass is 304 g/mol. The summed E-state index contributed by atoms with van der Waals surface area (Å²) in [4.78, 5) is 16.9. The van der Waals surface area contributed by atoms with Crippen molar-refractivity contribution in [1.29, 1.82) is 0 Å². The van der Waals surface area contributed by atoms with Gasteiger partial charge in [0.2, 0.25) is 5.91 Å². The number of hydrogen-bond donors (Lipinski definition) is 1. The molecule has 114 valence electrons. The van der Waals surface area contributed by atoms with Crippen LogP contribution < -0.4 is 5.32 Å². The molecule has 0 atom stereocenters. The lowest BCUT2D eigenvalue weighted by Gasteiger charge is -2.14. The first-order valence-corrected chi connectivity index (χ1v) is 7.62. The summed E-state index contributed by atoms with van der Waals surface area (Å²) in [5.41, 5.74) is 0.678. The maximum absolute atomic E-state index is 12.7. The summed E-state index contributed by atoms with van der Waals surface area (Å²) in [5, 5.41) is 7.31. The number of anilines is 1. The van der Waals surface area contributed by atoms with E-state index in [0.717, 1.165) is 24.2 Å². The van der Waals surface area contributed by atoms with Gasteiger partial charge in [0.1, 0.15) is 0 Å². The average molecular weight is 304 g/mol. The molecule has 0 unspecified atom stereocenters. The molecular weight excluding hydrogens is 288 g/mol. The first-order chi connectivity index (χ1) is 11.3. The number of carbonyl (C=O) groups is 1. The van der Waals surface area contributed by atoms with Crippen LogP contribution in [0.15, 0.2) is 67.0 Å². The Morgan fingerprint density at radius 2 is 1.83 bits per heavy atom. The van der Waals surface area contributed by atoms with Gasteiger partial charge in [-0.3, -0.25) is 4.79 Å². The number of aromatic nitrogens is 3. The van der Waals surface area contributed by atoms with E-state index >= 15 is 0 Å². The SMILES string of the molecule is O=C(Nc1ccn(-c2ccccn2)n1)C1(c2ccccc2)CC1. The molecule has 0 bridgehead atoms. The first kappa shape index (κ1) is 13.7. The molecule has 0 saturated heterocycles. The largest absolute Gasteiger partial charge is 0.308 e. The molecule has 5 heteroatoms. The molecule has 1 amide bonds. The van der Waals surface area contributed by atoms with E-state index in [1.807, 2.05) is 48.5 Å². The van der Waals surface area contributed by atoms with Crippen molar-refractivity contribution in [3.63, 3.8) is 0 Å². The minimum atomic E-state index is -0.393. The van der Waals surface area contributed by atoms with Gasteiger partial charge in [0, 0.05) is 18.5 Å². The van der Waals surface area contributed by atoms with Crippen LogP contribution in [-0.2, 0) is 10.2 Å². The number of nitrogens with one attached hydrogen (secondary N) is 1. The molecule has 4 rings (SSSR count).